The van der Waals surface area contributed by atoms with Crippen molar-refractivity contribution < 1.29 is 23.8 Å². The molecule has 0 aliphatic carbocycles. The number of benzene rings is 1. The van der Waals surface area contributed by atoms with Gasteiger partial charge in [-0.1, -0.05) is 26.0 Å². The molecule has 1 aromatic carbocycles. The van der Waals surface area contributed by atoms with E-state index >= 15 is 0 Å². The van der Waals surface area contributed by atoms with Gasteiger partial charge in [0.2, 0.25) is 0 Å². The minimum absolute atomic E-state index is 0.143. The lowest BCUT2D eigenvalue weighted by atomic mass is 10.00. The summed E-state index contributed by atoms with van der Waals surface area (Å²) < 4.78 is 17.1. The van der Waals surface area contributed by atoms with E-state index in [1.807, 2.05) is 38.1 Å². The fourth-order valence-electron chi connectivity index (χ4n) is 3.56. The van der Waals surface area contributed by atoms with Crippen LogP contribution in [0.25, 0.3) is 0 Å². The minimum atomic E-state index is -0.399. The summed E-state index contributed by atoms with van der Waals surface area (Å²) in [7, 11) is 0. The largest absolute Gasteiger partial charge is 0.486 e. The molecule has 0 unspecified atom stereocenters. The standard InChI is InChI=1S/C21H29N3O5/c1-4-15-19(20(25)27-6-3)16(23-21(26)22-15)12-24(5-2)11-14-13-28-17-9-7-8-10-18(17)29-14/h7-10,14-15H,4-6,11-13H2,1-3H3,(H2,22,23,26)/t14-,15+/m1/s1. The van der Waals surface area contributed by atoms with Crippen molar-refractivity contribution in [1.82, 2.24) is 15.5 Å². The minimum Gasteiger partial charge on any atom is -0.486 e. The molecule has 29 heavy (non-hydrogen) atoms. The summed E-state index contributed by atoms with van der Waals surface area (Å²) in [6, 6.07) is 6.93. The number of para-hydroxylation sites is 2. The van der Waals surface area contributed by atoms with Crippen LogP contribution in [0.5, 0.6) is 11.5 Å². The number of hydrogen-bond acceptors (Lipinski definition) is 6. The van der Waals surface area contributed by atoms with Crippen LogP contribution < -0.4 is 20.1 Å². The van der Waals surface area contributed by atoms with E-state index in [0.717, 1.165) is 18.0 Å². The molecular weight excluding hydrogens is 374 g/mol. The molecule has 0 bridgehead atoms. The van der Waals surface area contributed by atoms with Crippen molar-refractivity contribution in [3.8, 4) is 11.5 Å². The van der Waals surface area contributed by atoms with Crippen LogP contribution in [-0.4, -0.2) is 61.9 Å². The van der Waals surface area contributed by atoms with E-state index in [2.05, 4.69) is 15.5 Å². The monoisotopic (exact) mass is 403 g/mol. The summed E-state index contributed by atoms with van der Waals surface area (Å²) in [5, 5.41) is 5.60. The van der Waals surface area contributed by atoms with Crippen LogP contribution in [0.3, 0.4) is 0 Å². The lowest BCUT2D eigenvalue weighted by Crippen LogP contribution is -2.52. The Morgan fingerprint density at radius 1 is 1.24 bits per heavy atom. The molecule has 2 atom stereocenters. The molecule has 2 heterocycles. The SMILES string of the molecule is CCOC(=O)C1=C(CN(CC)C[C@@H]2COc3ccccc3O2)NC(=O)N[C@H]1CC. The Bertz CT molecular complexity index is 779. The van der Waals surface area contributed by atoms with Crippen molar-refractivity contribution in [1.29, 1.82) is 0 Å². The number of esters is 1. The molecule has 0 saturated carbocycles. The Labute approximate surface area is 171 Å². The van der Waals surface area contributed by atoms with Crippen molar-refractivity contribution in [2.45, 2.75) is 39.3 Å². The van der Waals surface area contributed by atoms with Crippen LogP contribution in [0.2, 0.25) is 0 Å². The Hall–Kier alpha value is -2.74. The molecule has 3 rings (SSSR count). The third-order valence-electron chi connectivity index (χ3n) is 5.01. The summed E-state index contributed by atoms with van der Waals surface area (Å²) in [5.74, 6) is 1.08. The molecule has 2 amide bonds. The van der Waals surface area contributed by atoms with Crippen molar-refractivity contribution >= 4 is 12.0 Å². The molecule has 2 aliphatic rings. The topological polar surface area (TPSA) is 89.1 Å². The average molecular weight is 403 g/mol. The highest BCUT2D eigenvalue weighted by molar-refractivity contribution is 5.94. The molecule has 0 spiro atoms. The number of nitrogens with one attached hydrogen (secondary N) is 2. The van der Waals surface area contributed by atoms with E-state index < -0.39 is 5.97 Å². The molecule has 0 radical (unpaired) electrons. The maximum Gasteiger partial charge on any atom is 0.337 e. The van der Waals surface area contributed by atoms with Gasteiger partial charge in [0.05, 0.1) is 18.2 Å². The third kappa shape index (κ3) is 5.00. The zero-order valence-electron chi connectivity index (χ0n) is 17.2. The second-order valence-electron chi connectivity index (χ2n) is 7.00. The highest BCUT2D eigenvalue weighted by atomic mass is 16.6. The molecule has 0 fully saturated rings. The number of ether oxygens (including phenoxy) is 3. The summed E-state index contributed by atoms with van der Waals surface area (Å²) in [4.78, 5) is 26.8. The number of carbonyl (C=O) groups is 2. The van der Waals surface area contributed by atoms with Gasteiger partial charge < -0.3 is 24.8 Å². The van der Waals surface area contributed by atoms with Gasteiger partial charge in [-0.25, -0.2) is 9.59 Å². The number of fused-ring (bicyclic) bond motifs is 1. The zero-order chi connectivity index (χ0) is 20.8. The number of amides is 2. The van der Waals surface area contributed by atoms with Crippen molar-refractivity contribution in [2.75, 3.05) is 32.8 Å². The zero-order valence-corrected chi connectivity index (χ0v) is 17.2. The second kappa shape index (κ2) is 9.65. The van der Waals surface area contributed by atoms with E-state index in [1.54, 1.807) is 6.92 Å². The van der Waals surface area contributed by atoms with Crippen LogP contribution in [0.4, 0.5) is 4.79 Å². The van der Waals surface area contributed by atoms with Gasteiger partial charge in [-0.05, 0) is 32.0 Å². The molecule has 0 saturated heterocycles. The highest BCUT2D eigenvalue weighted by Gasteiger charge is 2.32. The van der Waals surface area contributed by atoms with Gasteiger partial charge in [0.25, 0.3) is 0 Å². The molecule has 2 aliphatic heterocycles. The fraction of sp³-hybridized carbons (Fsp3) is 0.524. The maximum absolute atomic E-state index is 12.5. The van der Waals surface area contributed by atoms with E-state index in [1.165, 1.54) is 0 Å². The molecular formula is C21H29N3O5. The first kappa shape index (κ1) is 21.0. The van der Waals surface area contributed by atoms with Crippen molar-refractivity contribution in [3.63, 3.8) is 0 Å². The van der Waals surface area contributed by atoms with E-state index in [4.69, 9.17) is 14.2 Å². The second-order valence-corrected chi connectivity index (χ2v) is 7.00. The van der Waals surface area contributed by atoms with Crippen LogP contribution >= 0.6 is 0 Å². The molecule has 8 heteroatoms. The fourth-order valence-corrected chi connectivity index (χ4v) is 3.56. The molecule has 2 N–H and O–H groups in total. The van der Waals surface area contributed by atoms with Gasteiger partial charge in [-0.2, -0.15) is 0 Å². The first-order valence-corrected chi connectivity index (χ1v) is 10.1. The van der Waals surface area contributed by atoms with Gasteiger partial charge in [-0.3, -0.25) is 4.90 Å². The summed E-state index contributed by atoms with van der Waals surface area (Å²) >= 11 is 0. The van der Waals surface area contributed by atoms with E-state index in [-0.39, 0.29) is 24.8 Å². The lowest BCUT2D eigenvalue weighted by Gasteiger charge is -2.33. The predicted octanol–water partition coefficient (Wildman–Crippen LogP) is 2.06. The van der Waals surface area contributed by atoms with Gasteiger partial charge in [0.1, 0.15) is 12.7 Å². The summed E-state index contributed by atoms with van der Waals surface area (Å²) in [5.41, 5.74) is 1.07. The Balaban J connectivity index is 1.75. The summed E-state index contributed by atoms with van der Waals surface area (Å²) in [6.45, 7) is 8.19. The van der Waals surface area contributed by atoms with Gasteiger partial charge in [0, 0.05) is 18.8 Å². The first-order chi connectivity index (χ1) is 14.0. The number of carbonyl (C=O) groups excluding carboxylic acids is 2. The number of likely N-dealkylation sites (N-methyl/N-ethyl adjacent to an activating group) is 1. The van der Waals surface area contributed by atoms with Crippen LogP contribution in [0, 0.1) is 0 Å². The van der Waals surface area contributed by atoms with Crippen molar-refractivity contribution in [3.05, 3.63) is 35.5 Å². The molecule has 158 valence electrons. The number of urea groups is 1. The van der Waals surface area contributed by atoms with Gasteiger partial charge >= 0.3 is 12.0 Å². The normalized spacial score (nSPS) is 20.9. The van der Waals surface area contributed by atoms with Crippen LogP contribution in [-0.2, 0) is 9.53 Å². The van der Waals surface area contributed by atoms with Crippen LogP contribution in [0.15, 0.2) is 35.5 Å². The number of hydrogen-bond donors (Lipinski definition) is 2. The number of nitrogens with zero attached hydrogens (tertiary/aromatic N) is 1. The maximum atomic E-state index is 12.5. The smallest absolute Gasteiger partial charge is 0.337 e. The lowest BCUT2D eigenvalue weighted by molar-refractivity contribution is -0.139. The van der Waals surface area contributed by atoms with E-state index in [9.17, 15) is 9.59 Å². The average Bonchev–Trinajstić information content (AvgIpc) is 2.72. The molecule has 8 nitrogen and oxygen atoms in total. The highest BCUT2D eigenvalue weighted by Crippen LogP contribution is 2.31. The summed E-state index contributed by atoms with van der Waals surface area (Å²) in [6.07, 6.45) is 0.462. The molecule has 0 aromatic heterocycles. The first-order valence-electron chi connectivity index (χ1n) is 10.1. The van der Waals surface area contributed by atoms with E-state index in [0.29, 0.717) is 37.4 Å². The Morgan fingerprint density at radius 2 is 2.00 bits per heavy atom. The quantitative estimate of drug-likeness (QED) is 0.646. The Morgan fingerprint density at radius 3 is 2.69 bits per heavy atom. The van der Waals surface area contributed by atoms with Gasteiger partial charge in [0.15, 0.2) is 11.5 Å². The van der Waals surface area contributed by atoms with Gasteiger partial charge in [-0.15, -0.1) is 0 Å². The van der Waals surface area contributed by atoms with Crippen molar-refractivity contribution in [2.24, 2.45) is 0 Å². The third-order valence-corrected chi connectivity index (χ3v) is 5.01. The van der Waals surface area contributed by atoms with Crippen LogP contribution in [0.1, 0.15) is 27.2 Å². The Kier molecular flexibility index (Phi) is 6.98. The number of rotatable bonds is 8. The molecule has 1 aromatic rings. The predicted molar refractivity (Wildman–Crippen MR) is 108 cm³/mol.